The zero-order valence-corrected chi connectivity index (χ0v) is 17.9. The predicted molar refractivity (Wildman–Crippen MR) is 118 cm³/mol. The van der Waals surface area contributed by atoms with Gasteiger partial charge in [-0.1, -0.05) is 13.0 Å². The maximum atomic E-state index is 12.9. The van der Waals surface area contributed by atoms with Crippen LogP contribution in [-0.4, -0.2) is 43.3 Å². The molecule has 0 aliphatic carbocycles. The Bertz CT molecular complexity index is 1210. The largest absolute Gasteiger partial charge is 0.493 e. The minimum atomic E-state index is -0.682. The molecular weight excluding hydrogens is 402 g/mol. The van der Waals surface area contributed by atoms with Crippen molar-refractivity contribution in [1.82, 2.24) is 9.66 Å². The van der Waals surface area contributed by atoms with E-state index < -0.39 is 11.2 Å². The van der Waals surface area contributed by atoms with E-state index in [9.17, 15) is 9.59 Å². The lowest BCUT2D eigenvalue weighted by Crippen LogP contribution is -2.32. The fraction of sp³-hybridized carbons (Fsp3) is 0.318. The number of nitrogens with zero attached hydrogens (tertiary/aromatic N) is 2. The lowest BCUT2D eigenvalue weighted by Gasteiger charge is -2.13. The van der Waals surface area contributed by atoms with Crippen molar-refractivity contribution in [2.75, 3.05) is 27.4 Å². The maximum Gasteiger partial charge on any atom is 0.349 e. The van der Waals surface area contributed by atoms with Crippen molar-refractivity contribution in [3.8, 4) is 23.0 Å². The first-order chi connectivity index (χ1) is 15.0. The molecule has 164 valence electrons. The summed E-state index contributed by atoms with van der Waals surface area (Å²) in [6.07, 6.45) is 2.21. The first-order valence-corrected chi connectivity index (χ1v) is 9.88. The molecule has 3 aromatic rings. The highest BCUT2D eigenvalue weighted by molar-refractivity contribution is 5.85. The molecule has 0 saturated heterocycles. The Morgan fingerprint density at radius 1 is 1.03 bits per heavy atom. The van der Waals surface area contributed by atoms with Crippen LogP contribution in [0.3, 0.4) is 0 Å². The molecule has 0 saturated carbocycles. The van der Waals surface area contributed by atoms with Crippen LogP contribution in [0.4, 0.5) is 0 Å². The Morgan fingerprint density at radius 2 is 1.77 bits per heavy atom. The van der Waals surface area contributed by atoms with Gasteiger partial charge in [-0.25, -0.2) is 4.79 Å². The third-order valence-electron chi connectivity index (χ3n) is 4.45. The van der Waals surface area contributed by atoms with E-state index in [0.717, 1.165) is 11.1 Å². The topological polar surface area (TPSA) is 104 Å². The van der Waals surface area contributed by atoms with E-state index in [1.807, 2.05) is 13.8 Å². The Labute approximate surface area is 178 Å². The molecule has 0 spiro atoms. The molecule has 3 rings (SSSR count). The average molecular weight is 427 g/mol. The van der Waals surface area contributed by atoms with Gasteiger partial charge in [0.15, 0.2) is 23.0 Å². The van der Waals surface area contributed by atoms with Crippen molar-refractivity contribution in [2.24, 2.45) is 5.10 Å². The van der Waals surface area contributed by atoms with E-state index in [4.69, 9.17) is 18.9 Å². The van der Waals surface area contributed by atoms with Crippen LogP contribution in [0, 0.1) is 0 Å². The zero-order valence-electron chi connectivity index (χ0n) is 17.9. The van der Waals surface area contributed by atoms with Crippen LogP contribution in [0.5, 0.6) is 23.0 Å². The molecule has 2 aromatic carbocycles. The smallest absolute Gasteiger partial charge is 0.349 e. The number of benzene rings is 2. The van der Waals surface area contributed by atoms with E-state index in [2.05, 4.69) is 10.1 Å². The Kier molecular flexibility index (Phi) is 6.96. The number of methoxy groups -OCH3 is 2. The number of aromatic amines is 1. The number of rotatable bonds is 9. The minimum Gasteiger partial charge on any atom is -0.493 e. The van der Waals surface area contributed by atoms with Crippen molar-refractivity contribution in [1.29, 1.82) is 0 Å². The summed E-state index contributed by atoms with van der Waals surface area (Å²) in [5.74, 6) is 1.84. The molecule has 1 heterocycles. The fourth-order valence-corrected chi connectivity index (χ4v) is 3.02. The third kappa shape index (κ3) is 4.55. The molecule has 0 aliphatic rings. The van der Waals surface area contributed by atoms with Gasteiger partial charge in [-0.15, -0.1) is 4.68 Å². The number of H-pyrrole nitrogens is 1. The number of nitrogens with one attached hydrogen (secondary N) is 1. The summed E-state index contributed by atoms with van der Waals surface area (Å²) in [7, 11) is 2.94. The monoisotopic (exact) mass is 427 g/mol. The molecule has 1 aromatic heterocycles. The molecule has 9 heteroatoms. The van der Waals surface area contributed by atoms with Crippen molar-refractivity contribution < 1.29 is 18.9 Å². The molecule has 0 amide bonds. The lowest BCUT2D eigenvalue weighted by atomic mass is 10.2. The molecule has 0 atom stereocenters. The number of aromatic nitrogens is 2. The summed E-state index contributed by atoms with van der Waals surface area (Å²) >= 11 is 0. The van der Waals surface area contributed by atoms with Gasteiger partial charge in [0, 0.05) is 11.6 Å². The van der Waals surface area contributed by atoms with Crippen LogP contribution in [-0.2, 0) is 0 Å². The predicted octanol–water partition coefficient (Wildman–Crippen LogP) is 2.78. The molecule has 0 radical (unpaired) electrons. The van der Waals surface area contributed by atoms with Crippen LogP contribution >= 0.6 is 0 Å². The van der Waals surface area contributed by atoms with Gasteiger partial charge in [0.2, 0.25) is 0 Å². The van der Waals surface area contributed by atoms with Gasteiger partial charge in [0.25, 0.3) is 5.56 Å². The van der Waals surface area contributed by atoms with Gasteiger partial charge in [-0.2, -0.15) is 5.10 Å². The highest BCUT2D eigenvalue weighted by Crippen LogP contribution is 2.31. The molecule has 0 fully saturated rings. The van der Waals surface area contributed by atoms with E-state index in [0.29, 0.717) is 47.3 Å². The number of hydrogen-bond donors (Lipinski definition) is 1. The average Bonchev–Trinajstić information content (AvgIpc) is 2.77. The summed E-state index contributed by atoms with van der Waals surface area (Å²) in [6.45, 7) is 4.83. The Balaban J connectivity index is 2.10. The normalized spacial score (nSPS) is 11.1. The summed E-state index contributed by atoms with van der Waals surface area (Å²) in [6, 6.07) is 8.39. The maximum absolute atomic E-state index is 12.9. The SMILES string of the molecule is CCCOc1c(/C=N/n2c(=O)[nH]c3cc(OC)c(OC)cc3c2=O)cccc1OCC. The summed E-state index contributed by atoms with van der Waals surface area (Å²) in [5, 5.41) is 4.36. The van der Waals surface area contributed by atoms with Crippen molar-refractivity contribution >= 4 is 17.1 Å². The van der Waals surface area contributed by atoms with Crippen LogP contribution in [0.1, 0.15) is 25.8 Å². The Morgan fingerprint density at radius 3 is 2.45 bits per heavy atom. The summed E-state index contributed by atoms with van der Waals surface area (Å²) in [4.78, 5) is 28.1. The van der Waals surface area contributed by atoms with Gasteiger partial charge >= 0.3 is 5.69 Å². The number of para-hydroxylation sites is 1. The molecule has 9 nitrogen and oxygen atoms in total. The summed E-state index contributed by atoms with van der Waals surface area (Å²) in [5.41, 5.74) is -0.367. The molecule has 31 heavy (non-hydrogen) atoms. The first-order valence-electron chi connectivity index (χ1n) is 9.88. The quantitative estimate of drug-likeness (QED) is 0.527. The third-order valence-corrected chi connectivity index (χ3v) is 4.45. The van der Waals surface area contributed by atoms with Crippen LogP contribution in [0.25, 0.3) is 10.9 Å². The minimum absolute atomic E-state index is 0.236. The highest BCUT2D eigenvalue weighted by atomic mass is 16.5. The lowest BCUT2D eigenvalue weighted by molar-refractivity contribution is 0.276. The van der Waals surface area contributed by atoms with Crippen LogP contribution < -0.4 is 30.2 Å². The molecule has 1 N–H and O–H groups in total. The van der Waals surface area contributed by atoms with Gasteiger partial charge in [0.05, 0.1) is 44.6 Å². The molecule has 0 bridgehead atoms. The van der Waals surface area contributed by atoms with Crippen LogP contribution in [0.15, 0.2) is 45.0 Å². The highest BCUT2D eigenvalue weighted by Gasteiger charge is 2.13. The van der Waals surface area contributed by atoms with Crippen molar-refractivity contribution in [2.45, 2.75) is 20.3 Å². The molecule has 0 aliphatic heterocycles. The number of fused-ring (bicyclic) bond motifs is 1. The first kappa shape index (κ1) is 21.9. The van der Waals surface area contributed by atoms with Crippen molar-refractivity contribution in [3.05, 3.63) is 56.7 Å². The second kappa shape index (κ2) is 9.84. The second-order valence-corrected chi connectivity index (χ2v) is 6.50. The standard InChI is InChI=1S/C22H25N3O6/c1-5-10-31-20-14(8-7-9-17(20)30-6-2)13-23-25-21(26)15-11-18(28-3)19(29-4)12-16(15)24-22(25)27/h7-9,11-13H,5-6,10H2,1-4H3,(H,24,27)/b23-13+. The van der Waals surface area contributed by atoms with Gasteiger partial charge in [0.1, 0.15) is 0 Å². The second-order valence-electron chi connectivity index (χ2n) is 6.50. The molecule has 0 unspecified atom stereocenters. The number of ether oxygens (including phenoxy) is 4. The molecular formula is C22H25N3O6. The van der Waals surface area contributed by atoms with Gasteiger partial charge in [-0.3, -0.25) is 4.79 Å². The van der Waals surface area contributed by atoms with Crippen molar-refractivity contribution in [3.63, 3.8) is 0 Å². The fourth-order valence-electron chi connectivity index (χ4n) is 3.02. The number of hydrogen-bond acceptors (Lipinski definition) is 7. The van der Waals surface area contributed by atoms with E-state index in [1.165, 1.54) is 32.6 Å². The Hall–Kier alpha value is -3.75. The van der Waals surface area contributed by atoms with E-state index >= 15 is 0 Å². The van der Waals surface area contributed by atoms with E-state index in [1.54, 1.807) is 18.2 Å². The van der Waals surface area contributed by atoms with Crippen LogP contribution in [0.2, 0.25) is 0 Å². The van der Waals surface area contributed by atoms with E-state index in [-0.39, 0.29) is 5.39 Å². The zero-order chi connectivity index (χ0) is 22.4. The summed E-state index contributed by atoms with van der Waals surface area (Å²) < 4.78 is 22.7. The van der Waals surface area contributed by atoms with Gasteiger partial charge in [-0.05, 0) is 31.5 Å². The van der Waals surface area contributed by atoms with Gasteiger partial charge < -0.3 is 23.9 Å².